The monoisotopic (exact) mass is 142 g/mol. The highest BCUT2D eigenvalue weighted by Crippen LogP contribution is 2.11. The lowest BCUT2D eigenvalue weighted by Gasteiger charge is -2.05. The largest absolute Gasteiger partial charge is 0.516 e. The molecule has 1 heteroatoms. The lowest BCUT2D eigenvalue weighted by atomic mass is 10.0. The van der Waals surface area contributed by atoms with Gasteiger partial charge in [-0.2, -0.15) is 0 Å². The van der Waals surface area contributed by atoms with Crippen LogP contribution in [-0.2, 0) is 0 Å². The van der Waals surface area contributed by atoms with Gasteiger partial charge in [0.25, 0.3) is 0 Å². The van der Waals surface area contributed by atoms with E-state index in [9.17, 15) is 0 Å². The Hall–Kier alpha value is -0.460. The van der Waals surface area contributed by atoms with E-state index in [1.54, 1.807) is 0 Å². The van der Waals surface area contributed by atoms with Gasteiger partial charge in [0, 0.05) is 0 Å². The summed E-state index contributed by atoms with van der Waals surface area (Å²) >= 11 is 0. The van der Waals surface area contributed by atoms with Crippen LogP contribution in [0.15, 0.2) is 12.3 Å². The quantitative estimate of drug-likeness (QED) is 0.584. The predicted octanol–water partition coefficient (Wildman–Crippen LogP) is 3.27. The van der Waals surface area contributed by atoms with E-state index in [-0.39, 0.29) is 0 Å². The van der Waals surface area contributed by atoms with Crippen LogP contribution in [0.4, 0.5) is 0 Å². The van der Waals surface area contributed by atoms with Gasteiger partial charge in [-0.05, 0) is 18.4 Å². The molecule has 0 saturated heterocycles. The van der Waals surface area contributed by atoms with Crippen LogP contribution in [0.1, 0.15) is 39.5 Å². The summed E-state index contributed by atoms with van der Waals surface area (Å²) in [6, 6.07) is 0. The average Bonchev–Trinajstić information content (AvgIpc) is 1.97. The van der Waals surface area contributed by atoms with Gasteiger partial charge in [0.15, 0.2) is 0 Å². The fourth-order valence-electron chi connectivity index (χ4n) is 0.964. The van der Waals surface area contributed by atoms with Gasteiger partial charge in [0.2, 0.25) is 0 Å². The van der Waals surface area contributed by atoms with E-state index in [4.69, 9.17) is 5.11 Å². The van der Waals surface area contributed by atoms with Crippen LogP contribution in [0.3, 0.4) is 0 Å². The van der Waals surface area contributed by atoms with Crippen molar-refractivity contribution in [3.8, 4) is 0 Å². The molecule has 1 nitrogen and oxygen atoms in total. The minimum atomic E-state index is 0.725. The Morgan fingerprint density at radius 1 is 1.50 bits per heavy atom. The number of rotatable bonds is 5. The molecular formula is C9H18O. The zero-order valence-electron chi connectivity index (χ0n) is 7.01. The van der Waals surface area contributed by atoms with E-state index in [0.717, 1.165) is 18.6 Å². The molecule has 10 heavy (non-hydrogen) atoms. The van der Waals surface area contributed by atoms with Crippen LogP contribution >= 0.6 is 0 Å². The van der Waals surface area contributed by atoms with Gasteiger partial charge >= 0.3 is 0 Å². The van der Waals surface area contributed by atoms with Crippen molar-refractivity contribution in [3.05, 3.63) is 12.3 Å². The maximum Gasteiger partial charge on any atom is 0.0751 e. The molecule has 0 aliphatic heterocycles. The Morgan fingerprint density at radius 2 is 2.20 bits per heavy atom. The molecule has 0 aromatic carbocycles. The van der Waals surface area contributed by atoms with Gasteiger partial charge in [-0.15, -0.1) is 0 Å². The van der Waals surface area contributed by atoms with Gasteiger partial charge in [-0.3, -0.25) is 0 Å². The first-order valence-electron chi connectivity index (χ1n) is 4.10. The normalized spacial score (nSPS) is 14.2. The van der Waals surface area contributed by atoms with Gasteiger partial charge < -0.3 is 5.11 Å². The van der Waals surface area contributed by atoms with E-state index >= 15 is 0 Å². The summed E-state index contributed by atoms with van der Waals surface area (Å²) in [7, 11) is 0. The summed E-state index contributed by atoms with van der Waals surface area (Å²) in [6.07, 6.45) is 7.83. The van der Waals surface area contributed by atoms with Gasteiger partial charge in [0.1, 0.15) is 0 Å². The smallest absolute Gasteiger partial charge is 0.0751 e. The van der Waals surface area contributed by atoms with Gasteiger partial charge in [0.05, 0.1) is 6.26 Å². The average molecular weight is 142 g/mol. The van der Waals surface area contributed by atoms with Crippen LogP contribution < -0.4 is 0 Å². The molecule has 1 unspecified atom stereocenters. The lowest BCUT2D eigenvalue weighted by molar-refractivity contribution is 0.459. The standard InChI is InChI=1S/C9H18O/c1-3-4-6-9(2)7-5-8-10/h5,8-10H,3-4,6-7H2,1-2H3. The SMILES string of the molecule is CCCCC(C)CC=CO. The number of aliphatic hydroxyl groups is 1. The molecule has 0 saturated carbocycles. The molecule has 0 heterocycles. The fourth-order valence-corrected chi connectivity index (χ4v) is 0.964. The molecule has 0 aliphatic rings. The molecule has 1 N–H and O–H groups in total. The Labute approximate surface area is 63.8 Å². The third kappa shape index (κ3) is 5.67. The molecule has 1 atom stereocenters. The minimum Gasteiger partial charge on any atom is -0.516 e. The van der Waals surface area contributed by atoms with Crippen molar-refractivity contribution in [2.45, 2.75) is 39.5 Å². The lowest BCUT2D eigenvalue weighted by Crippen LogP contribution is -1.91. The molecule has 0 spiro atoms. The highest BCUT2D eigenvalue weighted by molar-refractivity contribution is 4.74. The first kappa shape index (κ1) is 9.54. The summed E-state index contributed by atoms with van der Waals surface area (Å²) in [4.78, 5) is 0. The molecule has 0 aliphatic carbocycles. The third-order valence-corrected chi connectivity index (χ3v) is 1.69. The van der Waals surface area contributed by atoms with Crippen molar-refractivity contribution in [1.82, 2.24) is 0 Å². The zero-order chi connectivity index (χ0) is 7.82. The summed E-state index contributed by atoms with van der Waals surface area (Å²) in [6.45, 7) is 4.42. The molecule has 0 rings (SSSR count). The highest BCUT2D eigenvalue weighted by atomic mass is 16.2. The first-order chi connectivity index (χ1) is 4.81. The maximum absolute atomic E-state index is 8.36. The second-order valence-electron chi connectivity index (χ2n) is 2.87. The second-order valence-corrected chi connectivity index (χ2v) is 2.87. The Kier molecular flexibility index (Phi) is 6.35. The number of allylic oxidation sites excluding steroid dienone is 1. The van der Waals surface area contributed by atoms with E-state index in [0.29, 0.717) is 0 Å². The van der Waals surface area contributed by atoms with Crippen molar-refractivity contribution < 1.29 is 5.11 Å². The third-order valence-electron chi connectivity index (χ3n) is 1.69. The van der Waals surface area contributed by atoms with Crippen molar-refractivity contribution in [3.63, 3.8) is 0 Å². The number of hydrogen-bond acceptors (Lipinski definition) is 1. The predicted molar refractivity (Wildman–Crippen MR) is 45.1 cm³/mol. The van der Waals surface area contributed by atoms with E-state index in [2.05, 4.69) is 13.8 Å². The first-order valence-corrected chi connectivity index (χ1v) is 4.10. The van der Waals surface area contributed by atoms with Crippen molar-refractivity contribution >= 4 is 0 Å². The van der Waals surface area contributed by atoms with Crippen LogP contribution in [-0.4, -0.2) is 5.11 Å². The van der Waals surface area contributed by atoms with E-state index in [1.165, 1.54) is 19.3 Å². The number of unbranched alkanes of at least 4 members (excludes halogenated alkanes) is 1. The highest BCUT2D eigenvalue weighted by Gasteiger charge is 1.96. The van der Waals surface area contributed by atoms with Crippen molar-refractivity contribution in [2.24, 2.45) is 5.92 Å². The van der Waals surface area contributed by atoms with Gasteiger partial charge in [-0.1, -0.05) is 33.1 Å². The molecule has 0 radical (unpaired) electrons. The minimum absolute atomic E-state index is 0.725. The molecule has 0 aromatic rings. The van der Waals surface area contributed by atoms with E-state index < -0.39 is 0 Å². The second kappa shape index (κ2) is 6.66. The molecule has 60 valence electrons. The summed E-state index contributed by atoms with van der Waals surface area (Å²) in [5, 5.41) is 8.36. The van der Waals surface area contributed by atoms with E-state index in [1.807, 2.05) is 6.08 Å². The summed E-state index contributed by atoms with van der Waals surface area (Å²) in [5.41, 5.74) is 0. The molecule has 0 aromatic heterocycles. The zero-order valence-corrected chi connectivity index (χ0v) is 7.01. The number of aliphatic hydroxyl groups excluding tert-OH is 1. The topological polar surface area (TPSA) is 20.2 Å². The molecular weight excluding hydrogens is 124 g/mol. The fraction of sp³-hybridized carbons (Fsp3) is 0.778. The molecule has 0 fully saturated rings. The maximum atomic E-state index is 8.36. The Morgan fingerprint density at radius 3 is 2.70 bits per heavy atom. The van der Waals surface area contributed by atoms with Crippen molar-refractivity contribution in [2.75, 3.05) is 0 Å². The Balaban J connectivity index is 3.16. The van der Waals surface area contributed by atoms with Crippen molar-refractivity contribution in [1.29, 1.82) is 0 Å². The van der Waals surface area contributed by atoms with Gasteiger partial charge in [-0.25, -0.2) is 0 Å². The van der Waals surface area contributed by atoms with Crippen LogP contribution in [0.25, 0.3) is 0 Å². The van der Waals surface area contributed by atoms with Crippen LogP contribution in [0.5, 0.6) is 0 Å². The molecule has 0 bridgehead atoms. The summed E-state index contributed by atoms with van der Waals surface area (Å²) < 4.78 is 0. The Bertz CT molecular complexity index is 86.7. The number of hydrogen-bond donors (Lipinski definition) is 1. The van der Waals surface area contributed by atoms with Crippen LogP contribution in [0.2, 0.25) is 0 Å². The summed E-state index contributed by atoms with van der Waals surface area (Å²) in [5.74, 6) is 0.725. The molecule has 0 amide bonds. The van der Waals surface area contributed by atoms with Crippen LogP contribution in [0, 0.1) is 5.92 Å².